The van der Waals surface area contributed by atoms with Gasteiger partial charge in [0.1, 0.15) is 23.1 Å². The lowest BCUT2D eigenvalue weighted by Crippen LogP contribution is -2.14. The molecule has 3 aromatic rings. The molecule has 5 nitrogen and oxygen atoms in total. The normalized spacial score (nSPS) is 11.4. The molecule has 0 heterocycles. The number of rotatable bonds is 7. The molecule has 158 valence electrons. The van der Waals surface area contributed by atoms with Gasteiger partial charge in [-0.05, 0) is 48.0 Å². The fourth-order valence-electron chi connectivity index (χ4n) is 2.69. The zero-order valence-corrected chi connectivity index (χ0v) is 16.2. The fraction of sp³-hybridized carbons (Fsp3) is 0.100. The second kappa shape index (κ2) is 8.62. The Morgan fingerprint density at radius 1 is 0.900 bits per heavy atom. The van der Waals surface area contributed by atoms with Gasteiger partial charge in [0.15, 0.2) is 0 Å². The van der Waals surface area contributed by atoms with Crippen molar-refractivity contribution in [2.45, 2.75) is 11.5 Å². The number of hydrogen-bond acceptors (Lipinski definition) is 4. The third kappa shape index (κ3) is 5.01. The van der Waals surface area contributed by atoms with Crippen molar-refractivity contribution < 1.29 is 35.5 Å². The Kier molecular flexibility index (Phi) is 6.16. The van der Waals surface area contributed by atoms with Crippen LogP contribution in [-0.4, -0.2) is 22.1 Å². The maximum Gasteiger partial charge on any atom is 0.387 e. The van der Waals surface area contributed by atoms with E-state index in [0.717, 1.165) is 6.07 Å². The molecule has 3 rings (SSSR count). The van der Waals surface area contributed by atoms with E-state index in [0.29, 0.717) is 29.5 Å². The van der Waals surface area contributed by atoms with Gasteiger partial charge in [-0.3, -0.25) is 4.72 Å². The topological polar surface area (TPSA) is 64.6 Å². The van der Waals surface area contributed by atoms with Gasteiger partial charge in [0.05, 0.1) is 12.0 Å². The van der Waals surface area contributed by atoms with E-state index >= 15 is 0 Å². The lowest BCUT2D eigenvalue weighted by Gasteiger charge is -2.14. The van der Waals surface area contributed by atoms with Crippen LogP contribution in [-0.2, 0) is 10.0 Å². The van der Waals surface area contributed by atoms with Gasteiger partial charge < -0.3 is 9.47 Å². The molecule has 0 fully saturated rings. The molecule has 30 heavy (non-hydrogen) atoms. The summed E-state index contributed by atoms with van der Waals surface area (Å²) in [6.07, 6.45) is 0. The molecule has 0 bridgehead atoms. The third-order valence-electron chi connectivity index (χ3n) is 4.00. The minimum absolute atomic E-state index is 0.0212. The minimum atomic E-state index is -4.34. The zero-order chi connectivity index (χ0) is 21.9. The van der Waals surface area contributed by atoms with E-state index in [1.807, 2.05) is 0 Å². The number of nitrogens with one attached hydrogen (secondary N) is 1. The summed E-state index contributed by atoms with van der Waals surface area (Å²) in [6, 6.07) is 11.8. The van der Waals surface area contributed by atoms with Gasteiger partial charge in [0, 0.05) is 17.3 Å². The predicted molar refractivity (Wildman–Crippen MR) is 102 cm³/mol. The Morgan fingerprint density at radius 3 is 2.10 bits per heavy atom. The van der Waals surface area contributed by atoms with Gasteiger partial charge >= 0.3 is 6.61 Å². The number of halogens is 4. The number of alkyl halides is 2. The van der Waals surface area contributed by atoms with Crippen molar-refractivity contribution in [3.63, 3.8) is 0 Å². The highest BCUT2D eigenvalue weighted by Gasteiger charge is 2.19. The molecule has 0 amide bonds. The molecule has 0 aliphatic carbocycles. The van der Waals surface area contributed by atoms with Crippen LogP contribution in [0.25, 0.3) is 11.1 Å². The Hall–Kier alpha value is -3.27. The van der Waals surface area contributed by atoms with Gasteiger partial charge in [0.25, 0.3) is 10.0 Å². The lowest BCUT2D eigenvalue weighted by molar-refractivity contribution is -0.0494. The van der Waals surface area contributed by atoms with Crippen molar-refractivity contribution in [2.75, 3.05) is 11.8 Å². The Balaban J connectivity index is 2.01. The molecule has 10 heteroatoms. The number of ether oxygens (including phenoxy) is 2. The van der Waals surface area contributed by atoms with Crippen molar-refractivity contribution in [3.8, 4) is 22.6 Å². The second-order valence-electron chi connectivity index (χ2n) is 6.03. The van der Waals surface area contributed by atoms with Crippen LogP contribution in [0.5, 0.6) is 11.5 Å². The van der Waals surface area contributed by atoms with Crippen LogP contribution in [0.3, 0.4) is 0 Å². The molecule has 0 radical (unpaired) electrons. The maximum absolute atomic E-state index is 13.4. The van der Waals surface area contributed by atoms with Gasteiger partial charge in [-0.1, -0.05) is 12.1 Å². The average Bonchev–Trinajstić information content (AvgIpc) is 2.68. The monoisotopic (exact) mass is 441 g/mol. The van der Waals surface area contributed by atoms with Crippen LogP contribution >= 0.6 is 0 Å². The van der Waals surface area contributed by atoms with Gasteiger partial charge in [-0.2, -0.15) is 8.78 Å². The summed E-state index contributed by atoms with van der Waals surface area (Å²) in [5.74, 6) is -1.78. The average molecular weight is 441 g/mol. The summed E-state index contributed by atoms with van der Waals surface area (Å²) in [4.78, 5) is -0.626. The quantitative estimate of drug-likeness (QED) is 0.522. The minimum Gasteiger partial charge on any atom is -0.497 e. The van der Waals surface area contributed by atoms with Crippen molar-refractivity contribution in [1.29, 1.82) is 0 Å². The predicted octanol–water partition coefficient (Wildman–Crippen LogP) is 5.04. The Bertz CT molecular complexity index is 1130. The Morgan fingerprint density at radius 2 is 1.53 bits per heavy atom. The highest BCUT2D eigenvalue weighted by molar-refractivity contribution is 7.92. The van der Waals surface area contributed by atoms with Crippen LogP contribution in [0.2, 0.25) is 0 Å². The molecule has 0 saturated heterocycles. The van der Waals surface area contributed by atoms with Gasteiger partial charge in [0.2, 0.25) is 0 Å². The molecule has 0 aliphatic rings. The van der Waals surface area contributed by atoms with Gasteiger partial charge in [-0.15, -0.1) is 0 Å². The van der Waals surface area contributed by atoms with Crippen LogP contribution in [0.15, 0.2) is 65.6 Å². The molecular weight excluding hydrogens is 426 g/mol. The van der Waals surface area contributed by atoms with Crippen LogP contribution in [0.4, 0.5) is 23.2 Å². The van der Waals surface area contributed by atoms with E-state index in [-0.39, 0.29) is 17.0 Å². The molecule has 0 saturated carbocycles. The van der Waals surface area contributed by atoms with Crippen molar-refractivity contribution in [1.82, 2.24) is 0 Å². The molecule has 0 atom stereocenters. The van der Waals surface area contributed by atoms with E-state index in [4.69, 9.17) is 4.74 Å². The maximum atomic E-state index is 13.4. The fourth-order valence-corrected chi connectivity index (χ4v) is 3.78. The first-order chi connectivity index (χ1) is 14.2. The first kappa shape index (κ1) is 21.4. The summed E-state index contributed by atoms with van der Waals surface area (Å²) in [7, 11) is -2.88. The molecular formula is C20H15F4NO4S. The van der Waals surface area contributed by atoms with Crippen molar-refractivity contribution in [2.24, 2.45) is 0 Å². The molecule has 3 aromatic carbocycles. The van der Waals surface area contributed by atoms with Crippen molar-refractivity contribution >= 4 is 15.7 Å². The molecule has 0 aliphatic heterocycles. The largest absolute Gasteiger partial charge is 0.497 e. The molecule has 0 aromatic heterocycles. The van der Waals surface area contributed by atoms with E-state index in [1.54, 1.807) is 24.3 Å². The molecule has 0 spiro atoms. The third-order valence-corrected chi connectivity index (χ3v) is 5.36. The van der Waals surface area contributed by atoms with E-state index < -0.39 is 33.2 Å². The van der Waals surface area contributed by atoms with E-state index in [2.05, 4.69) is 9.46 Å². The number of hydrogen-bond donors (Lipinski definition) is 1. The summed E-state index contributed by atoms with van der Waals surface area (Å²) < 4.78 is 89.1. The number of benzene rings is 3. The van der Waals surface area contributed by atoms with Crippen LogP contribution in [0.1, 0.15) is 0 Å². The second-order valence-corrected chi connectivity index (χ2v) is 7.71. The number of anilines is 1. The lowest BCUT2D eigenvalue weighted by atomic mass is 10.0. The highest BCUT2D eigenvalue weighted by atomic mass is 32.2. The number of methoxy groups -OCH3 is 1. The van der Waals surface area contributed by atoms with Crippen molar-refractivity contribution in [3.05, 3.63) is 72.3 Å². The first-order valence-corrected chi connectivity index (χ1v) is 9.88. The summed E-state index contributed by atoms with van der Waals surface area (Å²) in [5, 5.41) is 0. The van der Waals surface area contributed by atoms with Crippen LogP contribution in [0, 0.1) is 11.6 Å². The van der Waals surface area contributed by atoms with E-state index in [1.165, 1.54) is 19.2 Å². The zero-order valence-electron chi connectivity index (χ0n) is 15.4. The number of sulfonamides is 1. The first-order valence-electron chi connectivity index (χ1n) is 8.40. The summed E-state index contributed by atoms with van der Waals surface area (Å²) >= 11 is 0. The summed E-state index contributed by atoms with van der Waals surface area (Å²) in [6.45, 7) is -3.10. The molecule has 0 unspecified atom stereocenters. The highest BCUT2D eigenvalue weighted by Crippen LogP contribution is 2.35. The van der Waals surface area contributed by atoms with Gasteiger partial charge in [-0.25, -0.2) is 17.2 Å². The smallest absolute Gasteiger partial charge is 0.387 e. The Labute approximate surface area is 169 Å². The summed E-state index contributed by atoms with van der Waals surface area (Å²) in [5.41, 5.74) is 0.597. The van der Waals surface area contributed by atoms with E-state index in [9.17, 15) is 26.0 Å². The van der Waals surface area contributed by atoms with Crippen LogP contribution < -0.4 is 14.2 Å². The standard InChI is InChI=1S/C20H15F4NO4S/c1-28-16-5-2-12(3-6-16)18-11-15(4-7-19(18)29-20(23)24)25-30(26,27)17-9-13(21)8-14(22)10-17/h2-11,20,25H,1H3. The SMILES string of the molecule is COc1ccc(-c2cc(NS(=O)(=O)c3cc(F)cc(F)c3)ccc2OC(F)F)cc1. The molecule has 1 N–H and O–H groups in total.